The van der Waals surface area contributed by atoms with Crippen molar-refractivity contribution in [3.05, 3.63) is 65.2 Å². The van der Waals surface area contributed by atoms with Crippen LogP contribution < -0.4 is 9.47 Å². The fraction of sp³-hybridized carbons (Fsp3) is 0.227. The summed E-state index contributed by atoms with van der Waals surface area (Å²) in [5.74, 6) is 1.40. The number of hydrogen-bond acceptors (Lipinski definition) is 3. The summed E-state index contributed by atoms with van der Waals surface area (Å²) in [4.78, 5) is 11.6. The first-order chi connectivity index (χ1) is 11.9. The average Bonchev–Trinajstić information content (AvgIpc) is 2.60. The molecule has 0 aliphatic rings. The average molecular weight is 336 g/mol. The van der Waals surface area contributed by atoms with Crippen molar-refractivity contribution in [2.75, 3.05) is 14.2 Å². The van der Waals surface area contributed by atoms with E-state index in [9.17, 15) is 4.79 Å². The van der Waals surface area contributed by atoms with E-state index in [1.165, 1.54) is 0 Å². The lowest BCUT2D eigenvalue weighted by molar-refractivity contribution is 0.101. The summed E-state index contributed by atoms with van der Waals surface area (Å²) in [6, 6.07) is 11.5. The molecule has 0 aromatic heterocycles. The molecule has 0 radical (unpaired) electrons. The number of methoxy groups -OCH3 is 2. The van der Waals surface area contributed by atoms with E-state index in [-0.39, 0.29) is 5.78 Å². The zero-order valence-corrected chi connectivity index (χ0v) is 15.5. The lowest BCUT2D eigenvalue weighted by atomic mass is 9.96. The van der Waals surface area contributed by atoms with Gasteiger partial charge in [-0.2, -0.15) is 0 Å². The van der Waals surface area contributed by atoms with Crippen LogP contribution in [0, 0.1) is 0 Å². The number of hydrogen-bond donors (Lipinski definition) is 0. The van der Waals surface area contributed by atoms with Gasteiger partial charge in [0.05, 0.1) is 14.2 Å². The summed E-state index contributed by atoms with van der Waals surface area (Å²) >= 11 is 0. The highest BCUT2D eigenvalue weighted by atomic mass is 16.5. The van der Waals surface area contributed by atoms with Crippen molar-refractivity contribution in [2.45, 2.75) is 20.8 Å². The van der Waals surface area contributed by atoms with Crippen LogP contribution >= 0.6 is 0 Å². The van der Waals surface area contributed by atoms with Gasteiger partial charge in [0.1, 0.15) is 0 Å². The first-order valence-corrected chi connectivity index (χ1v) is 8.09. The molecule has 130 valence electrons. The van der Waals surface area contributed by atoms with Gasteiger partial charge in [0.15, 0.2) is 17.3 Å². The van der Waals surface area contributed by atoms with Crippen LogP contribution in [-0.4, -0.2) is 20.0 Å². The molecule has 0 aliphatic carbocycles. The second kappa shape index (κ2) is 7.84. The van der Waals surface area contributed by atoms with Crippen molar-refractivity contribution < 1.29 is 14.3 Å². The highest BCUT2D eigenvalue weighted by Crippen LogP contribution is 2.35. The Morgan fingerprint density at radius 1 is 0.960 bits per heavy atom. The normalized spacial score (nSPS) is 11.2. The van der Waals surface area contributed by atoms with E-state index >= 15 is 0 Å². The minimum absolute atomic E-state index is 0.0587. The van der Waals surface area contributed by atoms with Crippen molar-refractivity contribution in [1.29, 1.82) is 0 Å². The first kappa shape index (κ1) is 18.5. The Kier molecular flexibility index (Phi) is 5.81. The molecule has 0 aliphatic heterocycles. The zero-order valence-electron chi connectivity index (χ0n) is 15.5. The predicted molar refractivity (Wildman–Crippen MR) is 104 cm³/mol. The Balaban J connectivity index is 2.57. The molecule has 0 saturated heterocycles. The van der Waals surface area contributed by atoms with Gasteiger partial charge in [-0.05, 0) is 61.2 Å². The predicted octanol–water partition coefficient (Wildman–Crippen LogP) is 5.50. The standard InChI is InChI=1S/C22H24O3/c1-14(2)20-13-22(25-6)21(24-5)12-19(20)10-15(3)17-8-7-9-18(11-17)16(4)23/h7-13H,1H2,2-6H3/b15-10+. The van der Waals surface area contributed by atoms with Gasteiger partial charge in [-0.3, -0.25) is 4.79 Å². The molecule has 0 unspecified atom stereocenters. The minimum Gasteiger partial charge on any atom is -0.493 e. The van der Waals surface area contributed by atoms with E-state index in [1.54, 1.807) is 21.1 Å². The molecule has 0 saturated carbocycles. The van der Waals surface area contributed by atoms with E-state index in [0.717, 1.165) is 27.8 Å². The minimum atomic E-state index is 0.0587. The number of ether oxygens (including phenoxy) is 2. The molecule has 0 atom stereocenters. The van der Waals surface area contributed by atoms with Gasteiger partial charge < -0.3 is 9.47 Å². The zero-order chi connectivity index (χ0) is 18.6. The molecule has 0 heterocycles. The summed E-state index contributed by atoms with van der Waals surface area (Å²) in [5, 5.41) is 0. The molecule has 2 rings (SSSR count). The lowest BCUT2D eigenvalue weighted by Crippen LogP contribution is -1.95. The van der Waals surface area contributed by atoms with Crippen LogP contribution in [-0.2, 0) is 0 Å². The van der Waals surface area contributed by atoms with Crippen LogP contribution in [0.5, 0.6) is 11.5 Å². The summed E-state index contributed by atoms with van der Waals surface area (Å²) in [7, 11) is 3.24. The number of ketones is 1. The van der Waals surface area contributed by atoms with E-state index in [0.29, 0.717) is 17.1 Å². The van der Waals surface area contributed by atoms with Gasteiger partial charge >= 0.3 is 0 Å². The van der Waals surface area contributed by atoms with Crippen LogP contribution in [0.3, 0.4) is 0 Å². The molecule has 0 fully saturated rings. The smallest absolute Gasteiger partial charge is 0.161 e. The maximum absolute atomic E-state index is 11.6. The monoisotopic (exact) mass is 336 g/mol. The third-order valence-electron chi connectivity index (χ3n) is 4.11. The summed E-state index contributed by atoms with van der Waals surface area (Å²) in [6.45, 7) is 9.63. The number of carbonyl (C=O) groups is 1. The highest BCUT2D eigenvalue weighted by molar-refractivity contribution is 5.95. The summed E-state index contributed by atoms with van der Waals surface area (Å²) < 4.78 is 10.8. The summed E-state index contributed by atoms with van der Waals surface area (Å²) in [5.41, 5.74) is 5.71. The number of allylic oxidation sites excluding steroid dienone is 2. The molecule has 3 nitrogen and oxygen atoms in total. The molecule has 0 spiro atoms. The van der Waals surface area contributed by atoms with Gasteiger partial charge in [0.2, 0.25) is 0 Å². The Morgan fingerprint density at radius 3 is 2.12 bits per heavy atom. The fourth-order valence-corrected chi connectivity index (χ4v) is 2.68. The molecular formula is C22H24O3. The van der Waals surface area contributed by atoms with Crippen molar-refractivity contribution in [2.24, 2.45) is 0 Å². The van der Waals surface area contributed by atoms with Crippen molar-refractivity contribution in [3.63, 3.8) is 0 Å². The van der Waals surface area contributed by atoms with Crippen LogP contribution in [0.2, 0.25) is 0 Å². The second-order valence-corrected chi connectivity index (χ2v) is 6.04. The topological polar surface area (TPSA) is 35.5 Å². The van der Waals surface area contributed by atoms with Gasteiger partial charge in [0.25, 0.3) is 0 Å². The lowest BCUT2D eigenvalue weighted by Gasteiger charge is -2.14. The molecule has 0 N–H and O–H groups in total. The Morgan fingerprint density at radius 2 is 1.56 bits per heavy atom. The molecule has 25 heavy (non-hydrogen) atoms. The molecule has 3 heteroatoms. The van der Waals surface area contributed by atoms with Crippen molar-refractivity contribution >= 4 is 23.0 Å². The SMILES string of the molecule is C=C(C)c1cc(OC)c(OC)cc1/C=C(\C)c1cccc(C(C)=O)c1. The molecular weight excluding hydrogens is 312 g/mol. The highest BCUT2D eigenvalue weighted by Gasteiger charge is 2.11. The third-order valence-corrected chi connectivity index (χ3v) is 4.11. The van der Waals surface area contributed by atoms with Crippen molar-refractivity contribution in [3.8, 4) is 11.5 Å². The quantitative estimate of drug-likeness (QED) is 0.516. The number of rotatable bonds is 6. The number of Topliss-reactive ketones (excluding diaryl/α,β-unsaturated/α-hetero) is 1. The molecule has 2 aromatic rings. The van der Waals surface area contributed by atoms with Crippen LogP contribution in [0.15, 0.2) is 43.0 Å². The molecule has 2 aromatic carbocycles. The maximum Gasteiger partial charge on any atom is 0.161 e. The Hall–Kier alpha value is -2.81. The van der Waals surface area contributed by atoms with E-state index < -0.39 is 0 Å². The van der Waals surface area contributed by atoms with E-state index in [4.69, 9.17) is 9.47 Å². The van der Waals surface area contributed by atoms with Crippen LogP contribution in [0.4, 0.5) is 0 Å². The summed E-state index contributed by atoms with van der Waals surface area (Å²) in [6.07, 6.45) is 2.07. The first-order valence-electron chi connectivity index (χ1n) is 8.09. The maximum atomic E-state index is 11.6. The molecule has 0 amide bonds. The van der Waals surface area contributed by atoms with Gasteiger partial charge in [-0.25, -0.2) is 0 Å². The van der Waals surface area contributed by atoms with Crippen LogP contribution in [0.1, 0.15) is 47.8 Å². The largest absolute Gasteiger partial charge is 0.493 e. The third kappa shape index (κ3) is 4.18. The van der Waals surface area contributed by atoms with E-state index in [2.05, 4.69) is 12.7 Å². The van der Waals surface area contributed by atoms with Gasteiger partial charge in [-0.15, -0.1) is 0 Å². The molecule has 0 bridgehead atoms. The second-order valence-electron chi connectivity index (χ2n) is 6.04. The van der Waals surface area contributed by atoms with Crippen molar-refractivity contribution in [1.82, 2.24) is 0 Å². The Bertz CT molecular complexity index is 844. The Labute approximate surface area is 149 Å². The number of carbonyl (C=O) groups excluding carboxylic acids is 1. The van der Waals surface area contributed by atoms with Crippen LogP contribution in [0.25, 0.3) is 17.2 Å². The number of benzene rings is 2. The van der Waals surface area contributed by atoms with Gasteiger partial charge in [0, 0.05) is 5.56 Å². The van der Waals surface area contributed by atoms with Gasteiger partial charge in [-0.1, -0.05) is 36.4 Å². The van der Waals surface area contributed by atoms with E-state index in [1.807, 2.05) is 50.2 Å². The fourth-order valence-electron chi connectivity index (χ4n) is 2.68.